The molecule has 2 aliphatic rings. The molecule has 0 saturated heterocycles. The lowest BCUT2D eigenvalue weighted by atomic mass is 9.96. The van der Waals surface area contributed by atoms with Crippen LogP contribution in [0.15, 0.2) is 64.5 Å². The number of azide groups is 1. The Balaban J connectivity index is 1.39. The molecule has 38 heavy (non-hydrogen) atoms. The topological polar surface area (TPSA) is 91.1 Å². The number of hydrogen-bond acceptors (Lipinski definition) is 4. The number of rotatable bonds is 5. The van der Waals surface area contributed by atoms with Gasteiger partial charge in [-0.1, -0.05) is 44.2 Å². The minimum Gasteiger partial charge on any atom is -0.337 e. The van der Waals surface area contributed by atoms with Gasteiger partial charge in [0.05, 0.1) is 9.20 Å². The van der Waals surface area contributed by atoms with Gasteiger partial charge in [0.2, 0.25) is 5.91 Å². The van der Waals surface area contributed by atoms with Gasteiger partial charge in [0.25, 0.3) is 5.56 Å². The van der Waals surface area contributed by atoms with E-state index >= 15 is 0 Å². The fraction of sp³-hybridized carbons (Fsp3) is 0.267. The van der Waals surface area contributed by atoms with Crippen LogP contribution in [0, 0.1) is 0 Å². The van der Waals surface area contributed by atoms with Crippen LogP contribution in [0.1, 0.15) is 60.0 Å². The summed E-state index contributed by atoms with van der Waals surface area (Å²) in [4.78, 5) is 29.9. The first-order valence-electron chi connectivity index (χ1n) is 12.9. The SMILES string of the molecule is C=c1s/c(=C/c2ccc3c(c2)C2CCCC2N3c2ccc3cc(C(=O)N=[N+]=[N-])ccc3c2)c(=O)n1CCC. The predicted molar refractivity (Wildman–Crippen MR) is 154 cm³/mol. The van der Waals surface area contributed by atoms with E-state index in [4.69, 9.17) is 5.53 Å². The maximum atomic E-state index is 12.9. The third-order valence-corrected chi connectivity index (χ3v) is 8.70. The average molecular weight is 522 g/mol. The molecule has 4 aromatic rings. The van der Waals surface area contributed by atoms with Gasteiger partial charge in [0, 0.05) is 40.4 Å². The molecule has 6 rings (SSSR count). The third kappa shape index (κ3) is 4.02. The van der Waals surface area contributed by atoms with Gasteiger partial charge in [-0.2, -0.15) is 0 Å². The number of thiazole rings is 1. The summed E-state index contributed by atoms with van der Waals surface area (Å²) in [5.74, 6) is -0.118. The van der Waals surface area contributed by atoms with Gasteiger partial charge in [0.15, 0.2) is 0 Å². The molecule has 1 amide bonds. The zero-order valence-corrected chi connectivity index (χ0v) is 21.9. The zero-order valence-electron chi connectivity index (χ0n) is 21.1. The molecule has 2 atom stereocenters. The number of benzene rings is 3. The summed E-state index contributed by atoms with van der Waals surface area (Å²) in [6.07, 6.45) is 6.39. The Kier molecular flexibility index (Phi) is 6.14. The molecule has 1 aliphatic carbocycles. The second-order valence-electron chi connectivity index (χ2n) is 10.00. The van der Waals surface area contributed by atoms with Crippen LogP contribution < -0.4 is 19.7 Å². The lowest BCUT2D eigenvalue weighted by Gasteiger charge is -2.27. The van der Waals surface area contributed by atoms with Crippen molar-refractivity contribution in [3.05, 3.63) is 101 Å². The van der Waals surface area contributed by atoms with E-state index in [2.05, 4.69) is 58.8 Å². The minimum absolute atomic E-state index is 0.0446. The Morgan fingerprint density at radius 3 is 2.79 bits per heavy atom. The van der Waals surface area contributed by atoms with Crippen LogP contribution in [0.3, 0.4) is 0 Å². The van der Waals surface area contributed by atoms with Crippen molar-refractivity contribution in [2.24, 2.45) is 5.11 Å². The quantitative estimate of drug-likeness (QED) is 0.185. The minimum atomic E-state index is -0.577. The van der Waals surface area contributed by atoms with Crippen molar-refractivity contribution in [2.75, 3.05) is 4.90 Å². The molecule has 1 saturated carbocycles. The number of carbonyl (C=O) groups excluding carboxylic acids is 1. The molecule has 8 heteroatoms. The molecule has 1 aliphatic heterocycles. The van der Waals surface area contributed by atoms with E-state index in [9.17, 15) is 9.59 Å². The number of anilines is 2. The Labute approximate surface area is 223 Å². The highest BCUT2D eigenvalue weighted by molar-refractivity contribution is 7.07. The maximum absolute atomic E-state index is 12.9. The van der Waals surface area contributed by atoms with E-state index in [1.807, 2.05) is 18.2 Å². The third-order valence-electron chi connectivity index (χ3n) is 7.74. The number of hydrogen-bond donors (Lipinski definition) is 0. The molecule has 0 bridgehead atoms. The van der Waals surface area contributed by atoms with Crippen LogP contribution in [0.5, 0.6) is 0 Å². The fourth-order valence-electron chi connectivity index (χ4n) is 6.08. The molecule has 0 radical (unpaired) electrons. The van der Waals surface area contributed by atoms with E-state index in [1.54, 1.807) is 16.7 Å². The van der Waals surface area contributed by atoms with Gasteiger partial charge in [-0.15, -0.1) is 11.3 Å². The van der Waals surface area contributed by atoms with Crippen molar-refractivity contribution in [3.8, 4) is 0 Å². The second-order valence-corrected chi connectivity index (χ2v) is 11.1. The van der Waals surface area contributed by atoms with Gasteiger partial charge in [-0.25, -0.2) is 0 Å². The van der Waals surface area contributed by atoms with Crippen LogP contribution in [0.2, 0.25) is 0 Å². The Bertz CT molecular complexity index is 1810. The molecule has 0 spiro atoms. The highest BCUT2D eigenvalue weighted by Crippen LogP contribution is 2.52. The highest BCUT2D eigenvalue weighted by atomic mass is 32.1. The normalized spacial score (nSPS) is 18.4. The lowest BCUT2D eigenvalue weighted by Crippen LogP contribution is -2.30. The Morgan fingerprint density at radius 1 is 1.16 bits per heavy atom. The fourth-order valence-corrected chi connectivity index (χ4v) is 7.01. The van der Waals surface area contributed by atoms with Crippen LogP contribution >= 0.6 is 11.3 Å². The zero-order chi connectivity index (χ0) is 26.4. The van der Waals surface area contributed by atoms with Crippen molar-refractivity contribution in [1.29, 1.82) is 0 Å². The molecule has 7 nitrogen and oxygen atoms in total. The monoisotopic (exact) mass is 521 g/mol. The van der Waals surface area contributed by atoms with Crippen molar-refractivity contribution in [2.45, 2.75) is 51.1 Å². The maximum Gasteiger partial charge on any atom is 0.269 e. The summed E-state index contributed by atoms with van der Waals surface area (Å²) >= 11 is 1.46. The number of carbonyl (C=O) groups is 1. The van der Waals surface area contributed by atoms with Crippen LogP contribution in [0.25, 0.3) is 33.9 Å². The van der Waals surface area contributed by atoms with Gasteiger partial charge >= 0.3 is 0 Å². The van der Waals surface area contributed by atoms with Crippen LogP contribution in [0.4, 0.5) is 11.4 Å². The first-order valence-corrected chi connectivity index (χ1v) is 13.8. The molecule has 1 aromatic heterocycles. The smallest absolute Gasteiger partial charge is 0.269 e. The summed E-state index contributed by atoms with van der Waals surface area (Å²) in [7, 11) is 0. The molecular formula is C30H27N5O2S. The number of amides is 1. The van der Waals surface area contributed by atoms with Crippen LogP contribution in [-0.2, 0) is 6.54 Å². The van der Waals surface area contributed by atoms with Gasteiger partial charge < -0.3 is 4.90 Å². The average Bonchev–Trinajstić information content (AvgIpc) is 3.58. The van der Waals surface area contributed by atoms with Crippen molar-refractivity contribution >= 4 is 52.0 Å². The Hall–Kier alpha value is -4.13. The Morgan fingerprint density at radius 2 is 1.97 bits per heavy atom. The predicted octanol–water partition coefficient (Wildman–Crippen LogP) is 5.95. The molecule has 2 heterocycles. The molecule has 0 N–H and O–H groups in total. The standard InChI is InChI=1S/C30H27N5O2S/c1-3-13-34-18(2)38-28(30(34)37)15-19-7-12-27-25(14-19)24-5-4-6-26(24)35(27)23-11-10-20-16-22(29(36)32-33-31)9-8-21(20)17-23/h7-12,14-17,24,26H,2-6,13H2,1H3/b28-15+. The summed E-state index contributed by atoms with van der Waals surface area (Å²) in [6, 6.07) is 18.6. The van der Waals surface area contributed by atoms with Crippen molar-refractivity contribution in [3.63, 3.8) is 0 Å². The first kappa shape index (κ1) is 24.2. The molecule has 1 fully saturated rings. The van der Waals surface area contributed by atoms with E-state index < -0.39 is 5.91 Å². The number of aromatic nitrogens is 1. The highest BCUT2D eigenvalue weighted by Gasteiger charge is 2.42. The number of nitrogens with zero attached hydrogens (tertiary/aromatic N) is 5. The molecule has 3 aromatic carbocycles. The van der Waals surface area contributed by atoms with Gasteiger partial charge in [0.1, 0.15) is 0 Å². The first-order chi connectivity index (χ1) is 18.5. The summed E-state index contributed by atoms with van der Waals surface area (Å²) < 4.78 is 3.31. The van der Waals surface area contributed by atoms with Gasteiger partial charge in [-0.3, -0.25) is 14.2 Å². The van der Waals surface area contributed by atoms with E-state index in [0.717, 1.165) is 50.5 Å². The molecular weight excluding hydrogens is 494 g/mol. The summed E-state index contributed by atoms with van der Waals surface area (Å²) in [5.41, 5.74) is 13.7. The number of fused-ring (bicyclic) bond motifs is 4. The summed E-state index contributed by atoms with van der Waals surface area (Å²) in [6.45, 7) is 6.83. The van der Waals surface area contributed by atoms with E-state index in [1.165, 1.54) is 29.0 Å². The van der Waals surface area contributed by atoms with Crippen molar-refractivity contribution in [1.82, 2.24) is 4.57 Å². The second kappa shape index (κ2) is 9.63. The van der Waals surface area contributed by atoms with Crippen LogP contribution in [-0.4, -0.2) is 16.5 Å². The van der Waals surface area contributed by atoms with Gasteiger partial charge in [-0.05, 0) is 88.2 Å². The lowest BCUT2D eigenvalue weighted by molar-refractivity contribution is 0.100. The molecule has 2 unspecified atom stereocenters. The molecule has 190 valence electrons. The van der Waals surface area contributed by atoms with Crippen molar-refractivity contribution < 1.29 is 4.79 Å². The van der Waals surface area contributed by atoms with E-state index in [0.29, 0.717) is 24.1 Å². The van der Waals surface area contributed by atoms with E-state index in [-0.39, 0.29) is 5.56 Å². The summed E-state index contributed by atoms with van der Waals surface area (Å²) in [5, 5.41) is 5.16. The largest absolute Gasteiger partial charge is 0.337 e.